The number of benzene rings is 2. The zero-order valence-corrected chi connectivity index (χ0v) is 19.2. The van der Waals surface area contributed by atoms with E-state index in [1.165, 1.54) is 24.0 Å². The summed E-state index contributed by atoms with van der Waals surface area (Å²) < 4.78 is 13.5. The van der Waals surface area contributed by atoms with Crippen molar-refractivity contribution in [3.8, 4) is 5.75 Å². The zero-order valence-electron chi connectivity index (χ0n) is 18.4. The maximum Gasteiger partial charge on any atom is 0.317 e. The van der Waals surface area contributed by atoms with Gasteiger partial charge in [0.25, 0.3) is 5.56 Å². The van der Waals surface area contributed by atoms with Gasteiger partial charge < -0.3 is 9.47 Å². The van der Waals surface area contributed by atoms with Gasteiger partial charge in [0.15, 0.2) is 4.80 Å². The standard InChI is InChI=1S/C25H24N2O4S/c1-14(2)16-11-9-15(10-12-16)13-19-22(28)27-21-17-7-5-6-8-18(17)31-25(3,26-24(27)32-19)20(21)23(29)30-4/h5-14,20-21H,1-4H3/b19-13+. The van der Waals surface area contributed by atoms with Gasteiger partial charge in [0.2, 0.25) is 5.72 Å². The van der Waals surface area contributed by atoms with Gasteiger partial charge >= 0.3 is 5.97 Å². The Balaban J connectivity index is 1.72. The first-order valence-electron chi connectivity index (χ1n) is 10.6. The summed E-state index contributed by atoms with van der Waals surface area (Å²) in [5.74, 6) is -0.143. The third-order valence-corrected chi connectivity index (χ3v) is 7.22. The summed E-state index contributed by atoms with van der Waals surface area (Å²) in [6.07, 6.45) is 1.88. The first-order chi connectivity index (χ1) is 15.3. The fourth-order valence-corrected chi connectivity index (χ4v) is 5.66. The van der Waals surface area contributed by atoms with Crippen molar-refractivity contribution in [3.05, 3.63) is 84.9 Å². The monoisotopic (exact) mass is 448 g/mol. The number of esters is 1. The van der Waals surface area contributed by atoms with Crippen LogP contribution in [0.5, 0.6) is 5.75 Å². The number of hydrogen-bond donors (Lipinski definition) is 0. The van der Waals surface area contributed by atoms with Crippen LogP contribution >= 0.6 is 11.3 Å². The number of fused-ring (bicyclic) bond motifs is 6. The Labute approximate surface area is 189 Å². The van der Waals surface area contributed by atoms with E-state index in [1.54, 1.807) is 11.5 Å². The highest BCUT2D eigenvalue weighted by atomic mass is 32.1. The highest BCUT2D eigenvalue weighted by Crippen LogP contribution is 2.47. The Morgan fingerprint density at radius 1 is 1.22 bits per heavy atom. The van der Waals surface area contributed by atoms with E-state index in [4.69, 9.17) is 14.5 Å². The number of aromatic nitrogens is 1. The molecule has 0 saturated carbocycles. The average Bonchev–Trinajstić information content (AvgIpc) is 3.06. The van der Waals surface area contributed by atoms with Crippen molar-refractivity contribution in [2.24, 2.45) is 10.9 Å². The molecular weight excluding hydrogens is 424 g/mol. The number of carbonyl (C=O) groups excluding carboxylic acids is 1. The van der Waals surface area contributed by atoms with Crippen LogP contribution in [0.3, 0.4) is 0 Å². The highest BCUT2D eigenvalue weighted by molar-refractivity contribution is 7.07. The second-order valence-electron chi connectivity index (χ2n) is 8.64. The summed E-state index contributed by atoms with van der Waals surface area (Å²) in [6, 6.07) is 15.1. The molecule has 3 atom stereocenters. The molecule has 0 radical (unpaired) electrons. The van der Waals surface area contributed by atoms with Crippen molar-refractivity contribution in [3.63, 3.8) is 0 Å². The van der Waals surface area contributed by atoms with E-state index in [1.807, 2.05) is 42.5 Å². The van der Waals surface area contributed by atoms with Gasteiger partial charge in [0.05, 0.1) is 17.7 Å². The molecule has 0 amide bonds. The molecule has 2 aromatic carbocycles. The van der Waals surface area contributed by atoms with Crippen LogP contribution in [0.15, 0.2) is 58.3 Å². The molecule has 3 unspecified atom stereocenters. The van der Waals surface area contributed by atoms with Gasteiger partial charge in [0, 0.05) is 5.56 Å². The number of rotatable bonds is 3. The van der Waals surface area contributed by atoms with E-state index >= 15 is 0 Å². The first-order valence-corrected chi connectivity index (χ1v) is 11.4. The maximum absolute atomic E-state index is 13.6. The molecule has 3 heterocycles. The number of carbonyl (C=O) groups is 1. The van der Waals surface area contributed by atoms with Crippen molar-refractivity contribution in [2.75, 3.05) is 7.11 Å². The van der Waals surface area contributed by atoms with Crippen molar-refractivity contribution in [1.29, 1.82) is 0 Å². The van der Waals surface area contributed by atoms with E-state index in [9.17, 15) is 9.59 Å². The Kier molecular flexibility index (Phi) is 4.82. The van der Waals surface area contributed by atoms with Crippen LogP contribution in [0.2, 0.25) is 0 Å². The highest BCUT2D eigenvalue weighted by Gasteiger charge is 2.55. The molecule has 0 aliphatic carbocycles. The summed E-state index contributed by atoms with van der Waals surface area (Å²) >= 11 is 1.31. The molecule has 0 N–H and O–H groups in total. The topological polar surface area (TPSA) is 69.9 Å². The number of ether oxygens (including phenoxy) is 2. The molecule has 2 aliphatic heterocycles. The molecule has 164 valence electrons. The lowest BCUT2D eigenvalue weighted by molar-refractivity contribution is -0.158. The molecule has 3 aromatic rings. The van der Waals surface area contributed by atoms with E-state index in [0.29, 0.717) is 21.0 Å². The summed E-state index contributed by atoms with van der Waals surface area (Å²) in [5, 5.41) is 0. The summed E-state index contributed by atoms with van der Waals surface area (Å²) in [4.78, 5) is 31.7. The smallest absolute Gasteiger partial charge is 0.317 e. The second-order valence-corrected chi connectivity index (χ2v) is 9.65. The number of hydrogen-bond acceptors (Lipinski definition) is 6. The molecule has 0 fully saturated rings. The summed E-state index contributed by atoms with van der Waals surface area (Å²) in [7, 11) is 1.35. The van der Waals surface area contributed by atoms with Crippen LogP contribution in [0.25, 0.3) is 6.08 Å². The molecular formula is C25H24N2O4S. The van der Waals surface area contributed by atoms with Crippen molar-refractivity contribution >= 4 is 23.4 Å². The molecule has 1 aromatic heterocycles. The number of methoxy groups -OCH3 is 1. The molecule has 32 heavy (non-hydrogen) atoms. The van der Waals surface area contributed by atoms with E-state index < -0.39 is 23.7 Å². The predicted octanol–water partition coefficient (Wildman–Crippen LogP) is 2.98. The largest absolute Gasteiger partial charge is 0.469 e. The van der Waals surface area contributed by atoms with Crippen LogP contribution in [-0.4, -0.2) is 23.4 Å². The number of thiazole rings is 1. The Morgan fingerprint density at radius 2 is 1.94 bits per heavy atom. The predicted molar refractivity (Wildman–Crippen MR) is 123 cm³/mol. The summed E-state index contributed by atoms with van der Waals surface area (Å²) in [5.41, 5.74) is 1.65. The van der Waals surface area contributed by atoms with Crippen molar-refractivity contribution in [2.45, 2.75) is 38.5 Å². The van der Waals surface area contributed by atoms with E-state index in [0.717, 1.165) is 11.1 Å². The van der Waals surface area contributed by atoms with E-state index in [2.05, 4.69) is 26.0 Å². The molecule has 6 nitrogen and oxygen atoms in total. The molecule has 2 bridgehead atoms. The first kappa shape index (κ1) is 20.7. The number of para-hydroxylation sites is 1. The van der Waals surface area contributed by atoms with Crippen molar-refractivity contribution < 1.29 is 14.3 Å². The van der Waals surface area contributed by atoms with E-state index in [-0.39, 0.29) is 5.56 Å². The van der Waals surface area contributed by atoms with Crippen LogP contribution in [0.1, 0.15) is 49.4 Å². The Bertz CT molecular complexity index is 1390. The molecule has 0 saturated heterocycles. The van der Waals surface area contributed by atoms with Gasteiger partial charge in [-0.1, -0.05) is 67.6 Å². The van der Waals surface area contributed by atoms with Gasteiger partial charge in [-0.05, 0) is 36.1 Å². The van der Waals surface area contributed by atoms with Gasteiger partial charge in [-0.15, -0.1) is 0 Å². The lowest BCUT2D eigenvalue weighted by Crippen LogP contribution is -2.58. The van der Waals surface area contributed by atoms with Crippen LogP contribution in [0, 0.1) is 5.92 Å². The minimum absolute atomic E-state index is 0.167. The molecule has 5 rings (SSSR count). The molecule has 0 spiro atoms. The van der Waals surface area contributed by atoms with Crippen LogP contribution < -0.4 is 19.6 Å². The Morgan fingerprint density at radius 3 is 2.62 bits per heavy atom. The zero-order chi connectivity index (χ0) is 22.6. The average molecular weight is 449 g/mol. The lowest BCUT2D eigenvalue weighted by Gasteiger charge is -2.44. The quantitative estimate of drug-likeness (QED) is 0.578. The van der Waals surface area contributed by atoms with Crippen LogP contribution in [0.4, 0.5) is 0 Å². The minimum atomic E-state index is -1.15. The van der Waals surface area contributed by atoms with Gasteiger partial charge in [-0.3, -0.25) is 14.2 Å². The van der Waals surface area contributed by atoms with Crippen molar-refractivity contribution in [1.82, 2.24) is 4.57 Å². The maximum atomic E-state index is 13.6. The van der Waals surface area contributed by atoms with Gasteiger partial charge in [0.1, 0.15) is 11.7 Å². The molecule has 7 heteroatoms. The second kappa shape index (κ2) is 7.45. The fourth-order valence-electron chi connectivity index (χ4n) is 4.56. The third-order valence-electron chi connectivity index (χ3n) is 6.24. The fraction of sp³-hybridized carbons (Fsp3) is 0.320. The normalized spacial score (nSPS) is 23.7. The lowest BCUT2D eigenvalue weighted by atomic mass is 9.81. The van der Waals surface area contributed by atoms with Gasteiger partial charge in [-0.25, -0.2) is 4.99 Å². The SMILES string of the molecule is COC(=O)C1C2c3ccccc3OC1(C)N=c1s/c(=C/c3ccc(C(C)C)cc3)c(=O)n12. The third kappa shape index (κ3) is 3.11. The Hall–Kier alpha value is -3.19. The minimum Gasteiger partial charge on any atom is -0.469 e. The summed E-state index contributed by atoms with van der Waals surface area (Å²) in [6.45, 7) is 6.07. The van der Waals surface area contributed by atoms with Gasteiger partial charge in [-0.2, -0.15) is 0 Å². The molecule has 2 aliphatic rings. The van der Waals surface area contributed by atoms with Crippen LogP contribution in [-0.2, 0) is 9.53 Å². The number of nitrogens with zero attached hydrogens (tertiary/aromatic N) is 2.